The Labute approximate surface area is 121 Å². The molecule has 0 amide bonds. The highest BCUT2D eigenvalue weighted by Crippen LogP contribution is 2.27. The van der Waals surface area contributed by atoms with Crippen LogP contribution in [0.25, 0.3) is 11.0 Å². The van der Waals surface area contributed by atoms with Gasteiger partial charge in [-0.25, -0.2) is 13.0 Å². The maximum atomic E-state index is 12.7. The first-order valence-electron chi connectivity index (χ1n) is 6.29. The first-order chi connectivity index (χ1) is 9.99. The lowest BCUT2D eigenvalue weighted by Gasteiger charge is -2.12. The molecule has 0 bridgehead atoms. The van der Waals surface area contributed by atoms with Gasteiger partial charge in [0.2, 0.25) is 0 Å². The quantitative estimate of drug-likeness (QED) is 0.804. The number of anilines is 1. The minimum Gasteiger partial charge on any atom is -0.279 e. The highest BCUT2D eigenvalue weighted by Gasteiger charge is 2.23. The van der Waals surface area contributed by atoms with Crippen molar-refractivity contribution in [3.05, 3.63) is 47.5 Å². The van der Waals surface area contributed by atoms with Crippen LogP contribution in [0.1, 0.15) is 11.1 Å². The van der Waals surface area contributed by atoms with E-state index in [0.717, 1.165) is 5.56 Å². The van der Waals surface area contributed by atoms with Crippen LogP contribution in [-0.2, 0) is 10.0 Å². The lowest BCUT2D eigenvalue weighted by molar-refractivity contribution is 0.315. The molecule has 0 atom stereocenters. The second-order valence-corrected chi connectivity index (χ2v) is 6.38. The Morgan fingerprint density at radius 1 is 1.00 bits per heavy atom. The molecule has 3 rings (SSSR count). The van der Waals surface area contributed by atoms with Crippen molar-refractivity contribution in [1.82, 2.24) is 10.3 Å². The minimum absolute atomic E-state index is 0.0875. The molecule has 0 unspecified atom stereocenters. The molecule has 1 heterocycles. The molecule has 21 heavy (non-hydrogen) atoms. The highest BCUT2D eigenvalue weighted by molar-refractivity contribution is 7.93. The first kappa shape index (κ1) is 13.6. The van der Waals surface area contributed by atoms with Crippen molar-refractivity contribution in [3.63, 3.8) is 0 Å². The molecule has 0 aliphatic rings. The molecule has 0 saturated heterocycles. The van der Waals surface area contributed by atoms with Gasteiger partial charge < -0.3 is 0 Å². The predicted octanol–water partition coefficient (Wildman–Crippen LogP) is 2.64. The number of fused-ring (bicyclic) bond motifs is 1. The summed E-state index contributed by atoms with van der Waals surface area (Å²) < 4.78 is 32.6. The SMILES string of the molecule is Cc1ccccc1NS(=O)(=O)c1c(C)ccc2nonc12. The molecule has 7 heteroatoms. The van der Waals surface area contributed by atoms with Crippen LogP contribution in [0, 0.1) is 13.8 Å². The molecule has 0 aliphatic heterocycles. The van der Waals surface area contributed by atoms with E-state index < -0.39 is 10.0 Å². The smallest absolute Gasteiger partial charge is 0.264 e. The van der Waals surface area contributed by atoms with Crippen LogP contribution in [0.2, 0.25) is 0 Å². The van der Waals surface area contributed by atoms with Crippen molar-refractivity contribution in [2.75, 3.05) is 4.72 Å². The van der Waals surface area contributed by atoms with Crippen molar-refractivity contribution < 1.29 is 13.0 Å². The maximum Gasteiger partial charge on any atom is 0.264 e. The number of rotatable bonds is 3. The third-order valence-electron chi connectivity index (χ3n) is 3.24. The van der Waals surface area contributed by atoms with E-state index in [1.165, 1.54) is 0 Å². The van der Waals surface area contributed by atoms with Gasteiger partial charge in [0.05, 0.1) is 5.69 Å². The summed E-state index contributed by atoms with van der Waals surface area (Å²) in [6.45, 7) is 3.55. The zero-order chi connectivity index (χ0) is 15.0. The second kappa shape index (κ2) is 4.85. The molecule has 1 aromatic heterocycles. The minimum atomic E-state index is -3.78. The fourth-order valence-corrected chi connectivity index (χ4v) is 3.66. The van der Waals surface area contributed by atoms with Crippen LogP contribution in [0.15, 0.2) is 45.9 Å². The Kier molecular flexibility index (Phi) is 3.13. The largest absolute Gasteiger partial charge is 0.279 e. The van der Waals surface area contributed by atoms with Gasteiger partial charge in [-0.2, -0.15) is 0 Å². The number of nitrogens with one attached hydrogen (secondary N) is 1. The van der Waals surface area contributed by atoms with Gasteiger partial charge >= 0.3 is 0 Å². The predicted molar refractivity (Wildman–Crippen MR) is 78.5 cm³/mol. The fraction of sp³-hybridized carbons (Fsp3) is 0.143. The molecule has 2 aromatic carbocycles. The Morgan fingerprint density at radius 2 is 1.76 bits per heavy atom. The van der Waals surface area contributed by atoms with Gasteiger partial charge in [-0.3, -0.25) is 4.72 Å². The monoisotopic (exact) mass is 303 g/mol. The normalized spacial score (nSPS) is 11.7. The summed E-state index contributed by atoms with van der Waals surface area (Å²) in [5.74, 6) is 0. The summed E-state index contributed by atoms with van der Waals surface area (Å²) >= 11 is 0. The summed E-state index contributed by atoms with van der Waals surface area (Å²) in [5.41, 5.74) is 2.59. The van der Waals surface area contributed by atoms with E-state index in [9.17, 15) is 8.42 Å². The van der Waals surface area contributed by atoms with Crippen molar-refractivity contribution in [1.29, 1.82) is 0 Å². The topological polar surface area (TPSA) is 85.1 Å². The lowest BCUT2D eigenvalue weighted by atomic mass is 10.2. The first-order valence-corrected chi connectivity index (χ1v) is 7.78. The van der Waals surface area contributed by atoms with Crippen molar-refractivity contribution in [2.24, 2.45) is 0 Å². The second-order valence-electron chi connectivity index (χ2n) is 4.76. The van der Waals surface area contributed by atoms with Crippen molar-refractivity contribution in [2.45, 2.75) is 18.7 Å². The molecular formula is C14H13N3O3S. The number of para-hydroxylation sites is 1. The average molecular weight is 303 g/mol. The van der Waals surface area contributed by atoms with Gasteiger partial charge in [0.25, 0.3) is 10.0 Å². The summed E-state index contributed by atoms with van der Waals surface area (Å²) in [5, 5.41) is 7.38. The molecule has 0 radical (unpaired) electrons. The Balaban J connectivity index is 2.15. The number of aromatic nitrogens is 2. The van der Waals surface area contributed by atoms with E-state index in [-0.39, 0.29) is 10.4 Å². The van der Waals surface area contributed by atoms with Crippen LogP contribution in [-0.4, -0.2) is 18.7 Å². The number of benzene rings is 2. The van der Waals surface area contributed by atoms with Crippen LogP contribution in [0.3, 0.4) is 0 Å². The van der Waals surface area contributed by atoms with E-state index in [4.69, 9.17) is 0 Å². The van der Waals surface area contributed by atoms with Crippen LogP contribution in [0.5, 0.6) is 0 Å². The molecule has 0 aliphatic carbocycles. The fourth-order valence-electron chi connectivity index (χ4n) is 2.15. The van der Waals surface area contributed by atoms with Crippen LogP contribution < -0.4 is 4.72 Å². The molecule has 108 valence electrons. The van der Waals surface area contributed by atoms with Gasteiger partial charge in [0, 0.05) is 0 Å². The summed E-state index contributed by atoms with van der Waals surface area (Å²) in [4.78, 5) is 0.0875. The van der Waals surface area contributed by atoms with Crippen LogP contribution in [0.4, 0.5) is 5.69 Å². The van der Waals surface area contributed by atoms with E-state index in [1.54, 1.807) is 31.2 Å². The Morgan fingerprint density at radius 3 is 2.52 bits per heavy atom. The lowest BCUT2D eigenvalue weighted by Crippen LogP contribution is -2.15. The zero-order valence-electron chi connectivity index (χ0n) is 11.5. The number of hydrogen-bond donors (Lipinski definition) is 1. The van der Waals surface area contributed by atoms with E-state index in [2.05, 4.69) is 19.7 Å². The van der Waals surface area contributed by atoms with E-state index in [0.29, 0.717) is 16.8 Å². The Hall–Kier alpha value is -2.41. The molecule has 0 fully saturated rings. The highest BCUT2D eigenvalue weighted by atomic mass is 32.2. The van der Waals surface area contributed by atoms with E-state index >= 15 is 0 Å². The molecule has 6 nitrogen and oxygen atoms in total. The molecule has 0 spiro atoms. The summed E-state index contributed by atoms with van der Waals surface area (Å²) in [6, 6.07) is 10.5. The van der Waals surface area contributed by atoms with Gasteiger partial charge in [-0.1, -0.05) is 24.3 Å². The maximum absolute atomic E-state index is 12.7. The number of aryl methyl sites for hydroxylation is 2. The van der Waals surface area contributed by atoms with Gasteiger partial charge in [0.15, 0.2) is 5.52 Å². The standard InChI is InChI=1S/C14H13N3O3S/c1-9-5-3-4-6-11(9)17-21(18,19)14-10(2)7-8-12-13(14)16-20-15-12/h3-8,17H,1-2H3. The Bertz CT molecular complexity index is 916. The third-order valence-corrected chi connectivity index (χ3v) is 4.78. The zero-order valence-corrected chi connectivity index (χ0v) is 12.3. The average Bonchev–Trinajstić information content (AvgIpc) is 2.88. The van der Waals surface area contributed by atoms with Crippen molar-refractivity contribution >= 4 is 26.7 Å². The summed E-state index contributed by atoms with van der Waals surface area (Å²) in [7, 11) is -3.78. The number of hydrogen-bond acceptors (Lipinski definition) is 5. The molecule has 1 N–H and O–H groups in total. The van der Waals surface area contributed by atoms with Gasteiger partial charge in [-0.15, -0.1) is 0 Å². The molecule has 3 aromatic rings. The molecule has 0 saturated carbocycles. The third kappa shape index (κ3) is 2.36. The van der Waals surface area contributed by atoms with Crippen molar-refractivity contribution in [3.8, 4) is 0 Å². The molecular weight excluding hydrogens is 290 g/mol. The van der Waals surface area contributed by atoms with Gasteiger partial charge in [0.1, 0.15) is 10.4 Å². The van der Waals surface area contributed by atoms with Crippen LogP contribution >= 0.6 is 0 Å². The number of sulfonamides is 1. The number of nitrogens with zero attached hydrogens (tertiary/aromatic N) is 2. The summed E-state index contributed by atoms with van der Waals surface area (Å²) in [6.07, 6.45) is 0. The van der Waals surface area contributed by atoms with Gasteiger partial charge in [-0.05, 0) is 47.4 Å². The van der Waals surface area contributed by atoms with E-state index in [1.807, 2.05) is 19.1 Å².